The van der Waals surface area contributed by atoms with Crippen molar-refractivity contribution in [2.45, 2.75) is 52.7 Å². The monoisotopic (exact) mass is 218 g/mol. The molecule has 0 rings (SSSR count). The van der Waals surface area contributed by atoms with Gasteiger partial charge in [-0.15, -0.1) is 0 Å². The quantitative estimate of drug-likeness (QED) is 0.693. The molecule has 0 amide bonds. The molecule has 0 aliphatic rings. The number of ether oxygens (including phenoxy) is 1. The predicted molar refractivity (Wildman–Crippen MR) is 57.3 cm³/mol. The Bertz CT molecular complexity index is 215. The predicted octanol–water partition coefficient (Wildman–Crippen LogP) is 1.10. The van der Waals surface area contributed by atoms with Gasteiger partial charge in [0, 0.05) is 0 Å². The number of rotatable bonds is 4. The molecule has 0 saturated carbocycles. The molecule has 0 heterocycles. The van der Waals surface area contributed by atoms with Gasteiger partial charge < -0.3 is 14.9 Å². The van der Waals surface area contributed by atoms with E-state index in [4.69, 9.17) is 4.74 Å². The van der Waals surface area contributed by atoms with E-state index in [2.05, 4.69) is 0 Å². The Morgan fingerprint density at radius 1 is 1.33 bits per heavy atom. The summed E-state index contributed by atoms with van der Waals surface area (Å²) in [6.45, 7) is 8.24. The van der Waals surface area contributed by atoms with E-state index in [1.54, 1.807) is 27.7 Å². The van der Waals surface area contributed by atoms with Gasteiger partial charge in [0.05, 0.1) is 11.5 Å². The van der Waals surface area contributed by atoms with E-state index in [1.807, 2.05) is 0 Å². The van der Waals surface area contributed by atoms with Crippen LogP contribution in [0.2, 0.25) is 0 Å². The van der Waals surface area contributed by atoms with Gasteiger partial charge in [-0.3, -0.25) is 4.79 Å². The molecule has 0 aromatic carbocycles. The zero-order chi connectivity index (χ0) is 12.3. The molecule has 0 bridgehead atoms. The van der Waals surface area contributed by atoms with Gasteiger partial charge in [0.15, 0.2) is 0 Å². The molecule has 15 heavy (non-hydrogen) atoms. The molecule has 0 fully saturated rings. The summed E-state index contributed by atoms with van der Waals surface area (Å²) in [7, 11) is 0. The van der Waals surface area contributed by atoms with Crippen molar-refractivity contribution in [3.63, 3.8) is 0 Å². The minimum absolute atomic E-state index is 0.182. The number of hydrogen-bond donors (Lipinski definition) is 2. The molecule has 0 unspecified atom stereocenters. The molecule has 2 N–H and O–H groups in total. The first-order valence-electron chi connectivity index (χ1n) is 5.19. The Kier molecular flexibility index (Phi) is 4.74. The molecular formula is C11H22O4. The van der Waals surface area contributed by atoms with Crippen molar-refractivity contribution in [1.82, 2.24) is 0 Å². The number of carbonyl (C=O) groups excluding carboxylic acids is 1. The van der Waals surface area contributed by atoms with Gasteiger partial charge in [0.2, 0.25) is 0 Å². The average molecular weight is 218 g/mol. The van der Waals surface area contributed by atoms with E-state index in [-0.39, 0.29) is 12.6 Å². The summed E-state index contributed by atoms with van der Waals surface area (Å²) in [5, 5.41) is 19.2. The van der Waals surface area contributed by atoms with E-state index >= 15 is 0 Å². The first kappa shape index (κ1) is 14.4. The van der Waals surface area contributed by atoms with Crippen LogP contribution in [-0.4, -0.2) is 34.5 Å². The summed E-state index contributed by atoms with van der Waals surface area (Å²) < 4.78 is 4.95. The summed E-state index contributed by atoms with van der Waals surface area (Å²) in [4.78, 5) is 11.4. The Balaban J connectivity index is 4.22. The van der Waals surface area contributed by atoms with Gasteiger partial charge in [-0.2, -0.15) is 0 Å². The molecular weight excluding hydrogens is 196 g/mol. The van der Waals surface area contributed by atoms with E-state index in [0.717, 1.165) is 0 Å². The van der Waals surface area contributed by atoms with Gasteiger partial charge >= 0.3 is 5.97 Å². The highest BCUT2D eigenvalue weighted by atomic mass is 16.5. The summed E-state index contributed by atoms with van der Waals surface area (Å²) >= 11 is 0. The van der Waals surface area contributed by atoms with Gasteiger partial charge in [-0.1, -0.05) is 6.92 Å². The largest absolute Gasteiger partial charge is 0.462 e. The van der Waals surface area contributed by atoms with Crippen molar-refractivity contribution in [2.75, 3.05) is 6.61 Å². The highest BCUT2D eigenvalue weighted by Crippen LogP contribution is 2.18. The smallest absolute Gasteiger partial charge is 0.311 e. The zero-order valence-electron chi connectivity index (χ0n) is 10.2. The second-order valence-electron chi connectivity index (χ2n) is 5.11. The molecule has 0 aliphatic heterocycles. The van der Waals surface area contributed by atoms with Crippen molar-refractivity contribution in [3.8, 4) is 0 Å². The fraction of sp³-hybridized carbons (Fsp3) is 0.909. The van der Waals surface area contributed by atoms with E-state index in [1.165, 1.54) is 6.92 Å². The molecule has 0 spiro atoms. The van der Waals surface area contributed by atoms with Crippen LogP contribution in [0.25, 0.3) is 0 Å². The average Bonchev–Trinajstić information content (AvgIpc) is 2.11. The highest BCUT2D eigenvalue weighted by Gasteiger charge is 2.32. The lowest BCUT2D eigenvalue weighted by Crippen LogP contribution is -2.44. The number of aliphatic hydroxyl groups is 2. The van der Waals surface area contributed by atoms with E-state index in [0.29, 0.717) is 6.42 Å². The molecule has 0 saturated heterocycles. The van der Waals surface area contributed by atoms with Crippen LogP contribution in [0.15, 0.2) is 0 Å². The lowest BCUT2D eigenvalue weighted by atomic mass is 9.96. The van der Waals surface area contributed by atoms with Crippen molar-refractivity contribution in [1.29, 1.82) is 0 Å². The summed E-state index contributed by atoms with van der Waals surface area (Å²) in [6, 6.07) is 0. The van der Waals surface area contributed by atoms with Crippen LogP contribution >= 0.6 is 0 Å². The maximum absolute atomic E-state index is 11.4. The Labute approximate surface area is 91.3 Å². The summed E-state index contributed by atoms with van der Waals surface area (Å²) in [5.41, 5.74) is -1.97. The van der Waals surface area contributed by atoms with Crippen LogP contribution in [-0.2, 0) is 9.53 Å². The topological polar surface area (TPSA) is 66.8 Å². The zero-order valence-corrected chi connectivity index (χ0v) is 10.2. The Hall–Kier alpha value is -0.610. The standard InChI is InChI=1S/C11H22O4/c1-6-8(12)11(5,14)7-15-9(13)10(2,3)4/h8,12,14H,6-7H2,1-5H3/t8-,11+/m1/s1. The lowest BCUT2D eigenvalue weighted by Gasteiger charge is -2.29. The molecule has 0 aliphatic carbocycles. The number of hydrogen-bond acceptors (Lipinski definition) is 4. The van der Waals surface area contributed by atoms with Crippen LogP contribution in [0, 0.1) is 5.41 Å². The Morgan fingerprint density at radius 3 is 2.13 bits per heavy atom. The molecule has 4 heteroatoms. The second-order valence-corrected chi connectivity index (χ2v) is 5.11. The number of carbonyl (C=O) groups is 1. The van der Waals surface area contributed by atoms with Crippen molar-refractivity contribution < 1.29 is 19.7 Å². The van der Waals surface area contributed by atoms with Crippen LogP contribution < -0.4 is 0 Å². The van der Waals surface area contributed by atoms with Gasteiger partial charge in [-0.25, -0.2) is 0 Å². The third-order valence-electron chi connectivity index (χ3n) is 2.21. The molecule has 90 valence electrons. The lowest BCUT2D eigenvalue weighted by molar-refractivity contribution is -0.166. The first-order valence-corrected chi connectivity index (χ1v) is 5.19. The minimum Gasteiger partial charge on any atom is -0.462 e. The number of esters is 1. The molecule has 4 nitrogen and oxygen atoms in total. The van der Waals surface area contributed by atoms with Gasteiger partial charge in [-0.05, 0) is 34.1 Å². The fourth-order valence-electron chi connectivity index (χ4n) is 0.964. The van der Waals surface area contributed by atoms with Gasteiger partial charge in [0.1, 0.15) is 12.2 Å². The molecule has 0 aromatic rings. The van der Waals surface area contributed by atoms with Gasteiger partial charge in [0.25, 0.3) is 0 Å². The number of aliphatic hydroxyl groups excluding tert-OH is 1. The molecule has 0 radical (unpaired) electrons. The third-order valence-corrected chi connectivity index (χ3v) is 2.21. The summed E-state index contributed by atoms with van der Waals surface area (Å²) in [6.07, 6.45) is -0.467. The highest BCUT2D eigenvalue weighted by molar-refractivity contribution is 5.75. The Morgan fingerprint density at radius 2 is 1.80 bits per heavy atom. The summed E-state index contributed by atoms with van der Waals surface area (Å²) in [5.74, 6) is -0.383. The molecule has 0 aromatic heterocycles. The fourth-order valence-corrected chi connectivity index (χ4v) is 0.964. The maximum Gasteiger partial charge on any atom is 0.311 e. The van der Waals surface area contributed by atoms with Crippen molar-refractivity contribution >= 4 is 5.97 Å². The second kappa shape index (κ2) is 4.94. The normalized spacial score (nSPS) is 18.1. The third kappa shape index (κ3) is 4.62. The van der Waals surface area contributed by atoms with Crippen LogP contribution in [0.5, 0.6) is 0 Å². The van der Waals surface area contributed by atoms with Crippen LogP contribution in [0.3, 0.4) is 0 Å². The first-order chi connectivity index (χ1) is 6.61. The molecule has 2 atom stereocenters. The van der Waals surface area contributed by atoms with E-state index in [9.17, 15) is 15.0 Å². The van der Waals surface area contributed by atoms with E-state index < -0.39 is 17.1 Å². The minimum atomic E-state index is -1.38. The van der Waals surface area contributed by atoms with Crippen LogP contribution in [0.1, 0.15) is 41.0 Å². The van der Waals surface area contributed by atoms with Crippen LogP contribution in [0.4, 0.5) is 0 Å². The maximum atomic E-state index is 11.4. The SMILES string of the molecule is CC[C@@H](O)[C@@](C)(O)COC(=O)C(C)(C)C. The van der Waals surface area contributed by atoms with Crippen molar-refractivity contribution in [3.05, 3.63) is 0 Å². The van der Waals surface area contributed by atoms with Crippen molar-refractivity contribution in [2.24, 2.45) is 5.41 Å².